The van der Waals surface area contributed by atoms with Gasteiger partial charge in [0.15, 0.2) is 0 Å². The Morgan fingerprint density at radius 1 is 1.19 bits per heavy atom. The minimum Gasteiger partial charge on any atom is -0.323 e. The summed E-state index contributed by atoms with van der Waals surface area (Å²) in [6.45, 7) is 8.86. The van der Waals surface area contributed by atoms with E-state index in [2.05, 4.69) is 33.8 Å². The van der Waals surface area contributed by atoms with Gasteiger partial charge in [0.1, 0.15) is 0 Å². The summed E-state index contributed by atoms with van der Waals surface area (Å²) in [4.78, 5) is 2.79. The van der Waals surface area contributed by atoms with Crippen molar-refractivity contribution >= 4 is 11.3 Å². The molecule has 2 heteroatoms. The highest BCUT2D eigenvalue weighted by Crippen LogP contribution is 2.34. The SMILES string of the molecule is CCCC(CCC)C(N)c1sc(C)cc1C. The molecule has 16 heavy (non-hydrogen) atoms. The summed E-state index contributed by atoms with van der Waals surface area (Å²) in [5.74, 6) is 0.659. The van der Waals surface area contributed by atoms with E-state index in [0.29, 0.717) is 5.92 Å². The summed E-state index contributed by atoms with van der Waals surface area (Å²) in [5.41, 5.74) is 7.82. The van der Waals surface area contributed by atoms with Gasteiger partial charge in [0, 0.05) is 15.8 Å². The van der Waals surface area contributed by atoms with Gasteiger partial charge in [0.25, 0.3) is 0 Å². The topological polar surface area (TPSA) is 26.0 Å². The Kier molecular flexibility index (Phi) is 5.50. The molecule has 0 saturated carbocycles. The van der Waals surface area contributed by atoms with Crippen molar-refractivity contribution in [3.63, 3.8) is 0 Å². The zero-order valence-corrected chi connectivity index (χ0v) is 11.9. The molecule has 1 nitrogen and oxygen atoms in total. The Hall–Kier alpha value is -0.340. The first kappa shape index (κ1) is 13.7. The predicted molar refractivity (Wildman–Crippen MR) is 74.0 cm³/mol. The third-order valence-corrected chi connectivity index (χ3v) is 4.46. The first-order valence-corrected chi connectivity index (χ1v) is 7.24. The number of hydrogen-bond acceptors (Lipinski definition) is 2. The molecule has 0 bridgehead atoms. The highest BCUT2D eigenvalue weighted by molar-refractivity contribution is 7.12. The van der Waals surface area contributed by atoms with Gasteiger partial charge in [-0.25, -0.2) is 0 Å². The van der Waals surface area contributed by atoms with E-state index >= 15 is 0 Å². The summed E-state index contributed by atoms with van der Waals surface area (Å²) in [6, 6.07) is 2.51. The maximum absolute atomic E-state index is 6.44. The van der Waals surface area contributed by atoms with Gasteiger partial charge in [-0.3, -0.25) is 0 Å². The van der Waals surface area contributed by atoms with E-state index < -0.39 is 0 Å². The van der Waals surface area contributed by atoms with Crippen LogP contribution in [0.1, 0.15) is 60.9 Å². The predicted octanol–water partition coefficient (Wildman–Crippen LogP) is 4.58. The Labute approximate surface area is 104 Å². The molecule has 1 aromatic rings. The van der Waals surface area contributed by atoms with Crippen molar-refractivity contribution in [2.45, 2.75) is 59.4 Å². The van der Waals surface area contributed by atoms with Crippen LogP contribution in [0.2, 0.25) is 0 Å². The van der Waals surface area contributed by atoms with Gasteiger partial charge in [-0.05, 0) is 44.2 Å². The average molecular weight is 239 g/mol. The monoisotopic (exact) mass is 239 g/mol. The molecule has 0 aliphatic carbocycles. The number of aryl methyl sites for hydroxylation is 2. The molecule has 1 aromatic heterocycles. The smallest absolute Gasteiger partial charge is 0.0421 e. The highest BCUT2D eigenvalue weighted by Gasteiger charge is 2.21. The second-order valence-corrected chi connectivity index (χ2v) is 6.06. The Morgan fingerprint density at radius 2 is 1.75 bits per heavy atom. The van der Waals surface area contributed by atoms with Crippen LogP contribution in [0, 0.1) is 19.8 Å². The van der Waals surface area contributed by atoms with Crippen LogP contribution in [0.5, 0.6) is 0 Å². The second-order valence-electron chi connectivity index (χ2n) is 4.77. The van der Waals surface area contributed by atoms with Gasteiger partial charge in [-0.1, -0.05) is 26.7 Å². The van der Waals surface area contributed by atoms with Crippen LogP contribution in [0.4, 0.5) is 0 Å². The van der Waals surface area contributed by atoms with E-state index in [1.54, 1.807) is 0 Å². The van der Waals surface area contributed by atoms with Crippen molar-refractivity contribution < 1.29 is 0 Å². The summed E-state index contributed by atoms with van der Waals surface area (Å²) in [5, 5.41) is 0. The average Bonchev–Trinajstić information content (AvgIpc) is 2.56. The van der Waals surface area contributed by atoms with Crippen molar-refractivity contribution in [3.05, 3.63) is 21.4 Å². The van der Waals surface area contributed by atoms with Crippen LogP contribution < -0.4 is 5.73 Å². The lowest BCUT2D eigenvalue weighted by atomic mass is 9.89. The maximum atomic E-state index is 6.44. The van der Waals surface area contributed by atoms with Crippen molar-refractivity contribution in [2.24, 2.45) is 11.7 Å². The highest BCUT2D eigenvalue weighted by atomic mass is 32.1. The van der Waals surface area contributed by atoms with Gasteiger partial charge in [-0.15, -0.1) is 11.3 Å². The molecule has 0 fully saturated rings. The third-order valence-electron chi connectivity index (χ3n) is 3.21. The largest absolute Gasteiger partial charge is 0.323 e. The number of thiophene rings is 1. The molecule has 1 rings (SSSR count). The van der Waals surface area contributed by atoms with E-state index in [1.807, 2.05) is 11.3 Å². The van der Waals surface area contributed by atoms with Crippen LogP contribution in [0.15, 0.2) is 6.07 Å². The minimum absolute atomic E-state index is 0.249. The molecule has 0 saturated heterocycles. The van der Waals surface area contributed by atoms with Crippen LogP contribution in [-0.4, -0.2) is 0 Å². The Morgan fingerprint density at radius 3 is 2.12 bits per heavy atom. The fourth-order valence-electron chi connectivity index (χ4n) is 2.45. The van der Waals surface area contributed by atoms with Gasteiger partial charge in [0.05, 0.1) is 0 Å². The van der Waals surface area contributed by atoms with Crippen molar-refractivity contribution in [1.82, 2.24) is 0 Å². The molecule has 0 aromatic carbocycles. The van der Waals surface area contributed by atoms with Crippen LogP contribution in [0.25, 0.3) is 0 Å². The normalized spacial score (nSPS) is 13.4. The molecule has 0 spiro atoms. The second kappa shape index (κ2) is 6.41. The van der Waals surface area contributed by atoms with Crippen LogP contribution >= 0.6 is 11.3 Å². The molecule has 0 radical (unpaired) electrons. The molecular formula is C14H25NS. The lowest BCUT2D eigenvalue weighted by molar-refractivity contribution is 0.371. The lowest BCUT2D eigenvalue weighted by Crippen LogP contribution is -2.21. The standard InChI is InChI=1S/C14H25NS/c1-5-7-12(8-6-2)13(15)14-10(3)9-11(4)16-14/h9,12-13H,5-8,15H2,1-4H3. The fraction of sp³-hybridized carbons (Fsp3) is 0.714. The maximum Gasteiger partial charge on any atom is 0.0421 e. The van der Waals surface area contributed by atoms with Crippen molar-refractivity contribution in [2.75, 3.05) is 0 Å². The lowest BCUT2D eigenvalue weighted by Gasteiger charge is -2.23. The molecular weight excluding hydrogens is 214 g/mol. The number of rotatable bonds is 6. The van der Waals surface area contributed by atoms with E-state index in [1.165, 1.54) is 41.0 Å². The molecule has 0 aliphatic rings. The molecule has 1 atom stereocenters. The van der Waals surface area contributed by atoms with E-state index in [4.69, 9.17) is 5.73 Å². The van der Waals surface area contributed by atoms with Gasteiger partial charge in [0.2, 0.25) is 0 Å². The molecule has 0 amide bonds. The van der Waals surface area contributed by atoms with Crippen molar-refractivity contribution in [3.8, 4) is 0 Å². The van der Waals surface area contributed by atoms with E-state index in [9.17, 15) is 0 Å². The number of nitrogens with two attached hydrogens (primary N) is 1. The molecule has 2 N–H and O–H groups in total. The van der Waals surface area contributed by atoms with Crippen LogP contribution in [0.3, 0.4) is 0 Å². The number of hydrogen-bond donors (Lipinski definition) is 1. The molecule has 1 heterocycles. The summed E-state index contributed by atoms with van der Waals surface area (Å²) in [7, 11) is 0. The Bertz CT molecular complexity index is 311. The fourth-order valence-corrected chi connectivity index (χ4v) is 3.58. The Balaban J connectivity index is 2.80. The zero-order chi connectivity index (χ0) is 12.1. The molecule has 0 aliphatic heterocycles. The van der Waals surface area contributed by atoms with Gasteiger partial charge in [-0.2, -0.15) is 0 Å². The summed E-state index contributed by atoms with van der Waals surface area (Å²) >= 11 is 1.88. The van der Waals surface area contributed by atoms with E-state index in [0.717, 1.165) is 0 Å². The zero-order valence-electron chi connectivity index (χ0n) is 11.0. The molecule has 92 valence electrons. The van der Waals surface area contributed by atoms with Crippen molar-refractivity contribution in [1.29, 1.82) is 0 Å². The first-order chi connectivity index (χ1) is 7.60. The van der Waals surface area contributed by atoms with E-state index in [-0.39, 0.29) is 6.04 Å². The third kappa shape index (κ3) is 3.33. The first-order valence-electron chi connectivity index (χ1n) is 6.42. The van der Waals surface area contributed by atoms with Gasteiger partial charge < -0.3 is 5.73 Å². The minimum atomic E-state index is 0.249. The summed E-state index contributed by atoms with van der Waals surface area (Å²) in [6.07, 6.45) is 4.99. The molecule has 1 unspecified atom stereocenters. The summed E-state index contributed by atoms with van der Waals surface area (Å²) < 4.78 is 0. The quantitative estimate of drug-likeness (QED) is 0.772. The van der Waals surface area contributed by atoms with Crippen LogP contribution in [-0.2, 0) is 0 Å². The van der Waals surface area contributed by atoms with Gasteiger partial charge >= 0.3 is 0 Å².